The number of pyridine rings is 1. The highest BCUT2D eigenvalue weighted by atomic mass is 16.5. The molecule has 178 valence electrons. The minimum atomic E-state index is -0.309. The monoisotopic (exact) mass is 465 g/mol. The lowest BCUT2D eigenvalue weighted by Gasteiger charge is -2.39. The summed E-state index contributed by atoms with van der Waals surface area (Å²) in [4.78, 5) is 19.0. The molecular formula is C30H31N3O2. The van der Waals surface area contributed by atoms with Crippen molar-refractivity contribution >= 4 is 16.8 Å². The highest BCUT2D eigenvalue weighted by Gasteiger charge is 2.30. The van der Waals surface area contributed by atoms with Gasteiger partial charge in [-0.2, -0.15) is 0 Å². The molecule has 0 bridgehead atoms. The van der Waals surface area contributed by atoms with Gasteiger partial charge in [-0.3, -0.25) is 4.79 Å². The first-order valence-corrected chi connectivity index (χ1v) is 12.5. The van der Waals surface area contributed by atoms with Gasteiger partial charge < -0.3 is 15.2 Å². The molecule has 5 heteroatoms. The second-order valence-electron chi connectivity index (χ2n) is 9.41. The number of fused-ring (bicyclic) bond motifs is 1. The fraction of sp³-hybridized carbons (Fsp3) is 0.267. The molecule has 1 aliphatic rings. The Hall–Kier alpha value is -3.54. The van der Waals surface area contributed by atoms with E-state index >= 15 is 0 Å². The number of nitrogens with zero attached hydrogens (tertiary/aromatic N) is 2. The standard InChI is InChI=1S/C30H31N3O2/c1-2-26(22-13-5-3-6-14-22)32-30(34)28-24-17-9-10-18-27(24)31-29(23-15-7-4-8-16-23)25(28)21-33(35)19-11-12-20-33/h3-10,13-18,26H,2,11-12,19-21H2,1H3,(H,32,34)/t26-/m0/s1. The number of aromatic nitrogens is 1. The van der Waals surface area contributed by atoms with Crippen LogP contribution < -0.4 is 5.32 Å². The van der Waals surface area contributed by atoms with Crippen LogP contribution in [0.5, 0.6) is 0 Å². The van der Waals surface area contributed by atoms with Crippen LogP contribution in [0.3, 0.4) is 0 Å². The molecule has 1 fully saturated rings. The molecule has 1 saturated heterocycles. The number of carbonyl (C=O) groups is 1. The highest BCUT2D eigenvalue weighted by Crippen LogP contribution is 2.34. The van der Waals surface area contributed by atoms with Gasteiger partial charge in [0.2, 0.25) is 0 Å². The summed E-state index contributed by atoms with van der Waals surface area (Å²) in [5.74, 6) is -0.155. The zero-order valence-electron chi connectivity index (χ0n) is 20.1. The third-order valence-corrected chi connectivity index (χ3v) is 7.01. The second-order valence-corrected chi connectivity index (χ2v) is 9.41. The number of para-hydroxylation sites is 1. The Kier molecular flexibility index (Phi) is 6.62. The smallest absolute Gasteiger partial charge is 0.253 e. The Morgan fingerprint density at radius 1 is 0.943 bits per heavy atom. The molecule has 5 nitrogen and oxygen atoms in total. The molecule has 1 N–H and O–H groups in total. The van der Waals surface area contributed by atoms with Crippen molar-refractivity contribution in [1.82, 2.24) is 10.3 Å². The molecule has 35 heavy (non-hydrogen) atoms. The highest BCUT2D eigenvalue weighted by molar-refractivity contribution is 6.09. The van der Waals surface area contributed by atoms with Gasteiger partial charge in [0, 0.05) is 29.4 Å². The molecule has 0 saturated carbocycles. The molecule has 0 radical (unpaired) electrons. The van der Waals surface area contributed by atoms with E-state index in [2.05, 4.69) is 12.2 Å². The summed E-state index contributed by atoms with van der Waals surface area (Å²) in [6.45, 7) is 3.46. The van der Waals surface area contributed by atoms with Crippen molar-refractivity contribution in [2.75, 3.05) is 13.1 Å². The van der Waals surface area contributed by atoms with Crippen molar-refractivity contribution in [3.8, 4) is 11.3 Å². The van der Waals surface area contributed by atoms with E-state index in [4.69, 9.17) is 4.98 Å². The Morgan fingerprint density at radius 2 is 1.57 bits per heavy atom. The van der Waals surface area contributed by atoms with Crippen LogP contribution in [0.15, 0.2) is 84.9 Å². The van der Waals surface area contributed by atoms with Crippen LogP contribution in [0, 0.1) is 5.21 Å². The van der Waals surface area contributed by atoms with Crippen molar-refractivity contribution in [3.05, 3.63) is 107 Å². The Balaban J connectivity index is 1.68. The third kappa shape index (κ3) is 4.83. The van der Waals surface area contributed by atoms with Crippen LogP contribution >= 0.6 is 0 Å². The van der Waals surface area contributed by atoms with Gasteiger partial charge in [0.15, 0.2) is 0 Å². The van der Waals surface area contributed by atoms with Gasteiger partial charge in [-0.15, -0.1) is 0 Å². The molecule has 3 aromatic carbocycles. The van der Waals surface area contributed by atoms with Crippen molar-refractivity contribution in [3.63, 3.8) is 0 Å². The number of benzene rings is 3. The largest absolute Gasteiger partial charge is 0.633 e. The van der Waals surface area contributed by atoms with E-state index in [1.54, 1.807) is 0 Å². The number of amides is 1. The van der Waals surface area contributed by atoms with Gasteiger partial charge in [0.05, 0.1) is 35.9 Å². The first kappa shape index (κ1) is 23.2. The molecule has 1 amide bonds. The summed E-state index contributed by atoms with van der Waals surface area (Å²) in [5.41, 5.74) is 4.78. The summed E-state index contributed by atoms with van der Waals surface area (Å²) in [5, 5.41) is 17.7. The molecule has 5 rings (SSSR count). The van der Waals surface area contributed by atoms with Crippen molar-refractivity contribution in [2.24, 2.45) is 0 Å². The predicted molar refractivity (Wildman–Crippen MR) is 140 cm³/mol. The van der Waals surface area contributed by atoms with E-state index in [0.29, 0.717) is 18.7 Å². The molecule has 1 aromatic heterocycles. The summed E-state index contributed by atoms with van der Waals surface area (Å²) < 4.78 is -0.309. The number of hydrogen-bond acceptors (Lipinski definition) is 3. The number of carbonyl (C=O) groups excluding carboxylic acids is 1. The van der Waals surface area contributed by atoms with Crippen LogP contribution in [0.25, 0.3) is 22.2 Å². The summed E-state index contributed by atoms with van der Waals surface area (Å²) in [6.07, 6.45) is 2.60. The van der Waals surface area contributed by atoms with Gasteiger partial charge in [-0.25, -0.2) is 4.98 Å². The summed E-state index contributed by atoms with van der Waals surface area (Å²) in [6, 6.07) is 27.6. The maximum Gasteiger partial charge on any atom is 0.253 e. The average Bonchev–Trinajstić information content (AvgIpc) is 3.33. The molecule has 0 unspecified atom stereocenters. The van der Waals surface area contributed by atoms with E-state index < -0.39 is 0 Å². The minimum Gasteiger partial charge on any atom is -0.633 e. The van der Waals surface area contributed by atoms with E-state index in [1.807, 2.05) is 84.9 Å². The van der Waals surface area contributed by atoms with Crippen LogP contribution in [0.1, 0.15) is 53.7 Å². The van der Waals surface area contributed by atoms with Crippen molar-refractivity contribution in [2.45, 2.75) is 38.8 Å². The third-order valence-electron chi connectivity index (χ3n) is 7.01. The molecule has 1 aliphatic heterocycles. The van der Waals surface area contributed by atoms with Gasteiger partial charge in [-0.1, -0.05) is 85.8 Å². The van der Waals surface area contributed by atoms with Crippen LogP contribution in [-0.4, -0.2) is 28.6 Å². The Labute approximate surface area is 206 Å². The minimum absolute atomic E-state index is 0.120. The lowest BCUT2D eigenvalue weighted by atomic mass is 9.94. The SMILES string of the molecule is CC[C@H](NC(=O)c1c(C[N+]2([O-])CCCC2)c(-c2ccccc2)nc2ccccc12)c1ccccc1. The number of likely N-dealkylation sites (tertiary alicyclic amines) is 1. The Bertz CT molecular complexity index is 1320. The predicted octanol–water partition coefficient (Wildman–Crippen LogP) is 6.39. The lowest BCUT2D eigenvalue weighted by Crippen LogP contribution is -2.39. The van der Waals surface area contributed by atoms with Gasteiger partial charge in [0.1, 0.15) is 6.54 Å². The zero-order valence-corrected chi connectivity index (χ0v) is 20.1. The number of rotatable bonds is 7. The quantitative estimate of drug-likeness (QED) is 0.254. The average molecular weight is 466 g/mol. The number of hydrogen-bond donors (Lipinski definition) is 1. The second kappa shape index (κ2) is 9.98. The van der Waals surface area contributed by atoms with Gasteiger partial charge >= 0.3 is 0 Å². The van der Waals surface area contributed by atoms with E-state index in [9.17, 15) is 10.0 Å². The summed E-state index contributed by atoms with van der Waals surface area (Å²) >= 11 is 0. The van der Waals surface area contributed by atoms with Crippen LogP contribution in [0.4, 0.5) is 0 Å². The number of quaternary nitrogens is 1. The normalized spacial score (nSPS) is 15.7. The maximum absolute atomic E-state index is 14.0. The lowest BCUT2D eigenvalue weighted by molar-refractivity contribution is -0.881. The molecule has 0 spiro atoms. The molecule has 2 heterocycles. The van der Waals surface area contributed by atoms with Crippen LogP contribution in [-0.2, 0) is 6.54 Å². The van der Waals surface area contributed by atoms with Crippen LogP contribution in [0.2, 0.25) is 0 Å². The first-order valence-electron chi connectivity index (χ1n) is 12.5. The number of hydroxylamine groups is 3. The van der Waals surface area contributed by atoms with E-state index in [1.165, 1.54) is 0 Å². The van der Waals surface area contributed by atoms with E-state index in [0.717, 1.165) is 52.5 Å². The summed E-state index contributed by atoms with van der Waals surface area (Å²) in [7, 11) is 0. The van der Waals surface area contributed by atoms with Crippen molar-refractivity contribution in [1.29, 1.82) is 0 Å². The zero-order chi connectivity index (χ0) is 24.3. The topological polar surface area (TPSA) is 65.0 Å². The van der Waals surface area contributed by atoms with Crippen molar-refractivity contribution < 1.29 is 9.44 Å². The molecule has 4 aromatic rings. The Morgan fingerprint density at radius 3 is 2.26 bits per heavy atom. The number of nitrogens with one attached hydrogen (secondary N) is 1. The fourth-order valence-electron chi connectivity index (χ4n) is 5.19. The molecule has 1 atom stereocenters. The van der Waals surface area contributed by atoms with Gasteiger partial charge in [0.25, 0.3) is 5.91 Å². The van der Waals surface area contributed by atoms with E-state index in [-0.39, 0.29) is 23.1 Å². The molecular weight excluding hydrogens is 434 g/mol. The first-order chi connectivity index (χ1) is 17.1. The fourth-order valence-corrected chi connectivity index (χ4v) is 5.19. The van der Waals surface area contributed by atoms with Gasteiger partial charge in [-0.05, 0) is 18.1 Å². The maximum atomic E-state index is 14.0. The molecule has 0 aliphatic carbocycles.